The number of carbonyl (C=O) groups is 1. The Kier molecular flexibility index (Phi) is 5.06. The number of ether oxygens (including phenoxy) is 1. The number of fused-ring (bicyclic) bond motifs is 1. The zero-order valence-electron chi connectivity index (χ0n) is 14.0. The van der Waals surface area contributed by atoms with E-state index in [0.717, 1.165) is 32.6 Å². The van der Waals surface area contributed by atoms with Crippen LogP contribution in [0, 0.1) is 0 Å². The number of carbonyl (C=O) groups excluding carboxylic acids is 1. The topological polar surface area (TPSA) is 53.0 Å². The van der Waals surface area contributed by atoms with Gasteiger partial charge in [0.1, 0.15) is 6.10 Å². The van der Waals surface area contributed by atoms with Crippen molar-refractivity contribution < 1.29 is 14.6 Å². The van der Waals surface area contributed by atoms with Gasteiger partial charge in [0.25, 0.3) is 0 Å². The summed E-state index contributed by atoms with van der Waals surface area (Å²) in [7, 11) is 0. The molecule has 6 heteroatoms. The van der Waals surface area contributed by atoms with E-state index < -0.39 is 5.60 Å². The van der Waals surface area contributed by atoms with Gasteiger partial charge in [-0.05, 0) is 37.3 Å². The molecule has 0 aromatic carbocycles. The number of hydrogen-bond acceptors (Lipinski definition) is 5. The SMILES string of the molecule is CC(C)(O)CN1CCN(C(=O)C[C@@H]2OCCc3ccsc32)CC1. The van der Waals surface area contributed by atoms with E-state index in [0.29, 0.717) is 19.6 Å². The molecule has 0 radical (unpaired) electrons. The average molecular weight is 338 g/mol. The quantitative estimate of drug-likeness (QED) is 0.907. The zero-order chi connectivity index (χ0) is 16.4. The van der Waals surface area contributed by atoms with Gasteiger partial charge in [0.15, 0.2) is 0 Å². The fourth-order valence-electron chi connectivity index (χ4n) is 3.37. The highest BCUT2D eigenvalue weighted by atomic mass is 32.1. The molecule has 1 aromatic rings. The Labute approximate surface area is 141 Å². The van der Waals surface area contributed by atoms with Crippen LogP contribution in [0.5, 0.6) is 0 Å². The van der Waals surface area contributed by atoms with Gasteiger partial charge in [-0.15, -0.1) is 11.3 Å². The number of nitrogens with zero attached hydrogens (tertiary/aromatic N) is 2. The van der Waals surface area contributed by atoms with Crippen molar-refractivity contribution in [3.63, 3.8) is 0 Å². The van der Waals surface area contributed by atoms with Crippen LogP contribution >= 0.6 is 11.3 Å². The number of thiophene rings is 1. The molecule has 0 bridgehead atoms. The fourth-order valence-corrected chi connectivity index (χ4v) is 4.37. The molecule has 0 unspecified atom stereocenters. The molecule has 0 aliphatic carbocycles. The van der Waals surface area contributed by atoms with Crippen LogP contribution in [0.15, 0.2) is 11.4 Å². The lowest BCUT2D eigenvalue weighted by Crippen LogP contribution is -2.52. The summed E-state index contributed by atoms with van der Waals surface area (Å²) in [4.78, 5) is 18.0. The van der Waals surface area contributed by atoms with Crippen LogP contribution < -0.4 is 0 Å². The second-order valence-corrected chi connectivity index (χ2v) is 8.04. The first kappa shape index (κ1) is 16.9. The normalized spacial score (nSPS) is 22.9. The molecule has 1 amide bonds. The largest absolute Gasteiger partial charge is 0.389 e. The predicted octanol–water partition coefficient (Wildman–Crippen LogP) is 1.67. The van der Waals surface area contributed by atoms with E-state index >= 15 is 0 Å². The zero-order valence-corrected chi connectivity index (χ0v) is 14.8. The molecular formula is C17H26N2O3S. The molecule has 2 aliphatic rings. The molecule has 3 rings (SSSR count). The van der Waals surface area contributed by atoms with E-state index in [1.165, 1.54) is 10.4 Å². The van der Waals surface area contributed by atoms with Crippen molar-refractivity contribution in [1.29, 1.82) is 0 Å². The van der Waals surface area contributed by atoms with E-state index in [1.54, 1.807) is 11.3 Å². The van der Waals surface area contributed by atoms with Crippen molar-refractivity contribution in [3.05, 3.63) is 21.9 Å². The fraction of sp³-hybridized carbons (Fsp3) is 0.706. The monoisotopic (exact) mass is 338 g/mol. The van der Waals surface area contributed by atoms with Crippen molar-refractivity contribution >= 4 is 17.2 Å². The van der Waals surface area contributed by atoms with E-state index in [2.05, 4.69) is 16.3 Å². The van der Waals surface area contributed by atoms with Crippen molar-refractivity contribution in [1.82, 2.24) is 9.80 Å². The number of β-amino-alcohol motifs (C(OH)–C–C–N with tert-alkyl or cyclic N) is 1. The average Bonchev–Trinajstić information content (AvgIpc) is 2.96. The first-order valence-corrected chi connectivity index (χ1v) is 9.21. The Morgan fingerprint density at radius 3 is 2.83 bits per heavy atom. The van der Waals surface area contributed by atoms with Gasteiger partial charge in [-0.25, -0.2) is 0 Å². The first-order valence-electron chi connectivity index (χ1n) is 8.33. The molecule has 23 heavy (non-hydrogen) atoms. The van der Waals surface area contributed by atoms with E-state index in [1.807, 2.05) is 18.7 Å². The summed E-state index contributed by atoms with van der Waals surface area (Å²) in [6.45, 7) is 8.13. The van der Waals surface area contributed by atoms with Gasteiger partial charge in [-0.3, -0.25) is 9.69 Å². The van der Waals surface area contributed by atoms with Crippen LogP contribution in [0.3, 0.4) is 0 Å². The van der Waals surface area contributed by atoms with Gasteiger partial charge in [-0.2, -0.15) is 0 Å². The molecule has 2 aliphatic heterocycles. The Morgan fingerprint density at radius 2 is 2.13 bits per heavy atom. The Morgan fingerprint density at radius 1 is 1.39 bits per heavy atom. The van der Waals surface area contributed by atoms with Crippen LogP contribution in [0.4, 0.5) is 0 Å². The second-order valence-electron chi connectivity index (χ2n) is 7.09. The number of aliphatic hydroxyl groups is 1. The highest BCUT2D eigenvalue weighted by Crippen LogP contribution is 2.34. The van der Waals surface area contributed by atoms with E-state index in [4.69, 9.17) is 4.74 Å². The number of amides is 1. The summed E-state index contributed by atoms with van der Waals surface area (Å²) in [5.41, 5.74) is 0.659. The lowest BCUT2D eigenvalue weighted by molar-refractivity contribution is -0.136. The van der Waals surface area contributed by atoms with Gasteiger partial charge in [-0.1, -0.05) is 0 Å². The molecule has 0 saturated carbocycles. The maximum atomic E-state index is 12.6. The Balaban J connectivity index is 1.51. The van der Waals surface area contributed by atoms with Crippen molar-refractivity contribution in [2.24, 2.45) is 0 Å². The molecule has 1 aromatic heterocycles. The molecule has 1 N–H and O–H groups in total. The summed E-state index contributed by atoms with van der Waals surface area (Å²) < 4.78 is 5.83. The summed E-state index contributed by atoms with van der Waals surface area (Å²) in [5, 5.41) is 12.0. The van der Waals surface area contributed by atoms with Gasteiger partial charge in [0, 0.05) is 37.6 Å². The first-order chi connectivity index (χ1) is 10.9. The molecule has 1 saturated heterocycles. The minimum Gasteiger partial charge on any atom is -0.389 e. The minimum atomic E-state index is -0.683. The van der Waals surface area contributed by atoms with Gasteiger partial charge in [0.05, 0.1) is 18.6 Å². The van der Waals surface area contributed by atoms with Crippen LogP contribution in [-0.2, 0) is 16.0 Å². The highest BCUT2D eigenvalue weighted by molar-refractivity contribution is 7.10. The van der Waals surface area contributed by atoms with Crippen molar-refractivity contribution in [2.75, 3.05) is 39.3 Å². The van der Waals surface area contributed by atoms with Crippen LogP contribution in [0.2, 0.25) is 0 Å². The third kappa shape index (κ3) is 4.32. The number of hydrogen-bond donors (Lipinski definition) is 1. The Bertz CT molecular complexity index is 544. The maximum absolute atomic E-state index is 12.6. The molecule has 1 atom stereocenters. The third-order valence-corrected chi connectivity index (χ3v) is 5.51. The van der Waals surface area contributed by atoms with Crippen LogP contribution in [0.25, 0.3) is 0 Å². The second kappa shape index (κ2) is 6.89. The molecule has 0 spiro atoms. The maximum Gasteiger partial charge on any atom is 0.225 e. The standard InChI is InChI=1S/C17H26N2O3S/c1-17(2,21)12-18-5-7-19(8-6-18)15(20)11-14-16-13(3-9-22-14)4-10-23-16/h4,10,14,21H,3,5-9,11-12H2,1-2H3/t14-/m0/s1. The lowest BCUT2D eigenvalue weighted by Gasteiger charge is -2.37. The molecular weight excluding hydrogens is 312 g/mol. The summed E-state index contributed by atoms with van der Waals surface area (Å²) in [6.07, 6.45) is 1.33. The number of rotatable bonds is 4. The summed E-state index contributed by atoms with van der Waals surface area (Å²) in [5.74, 6) is 0.180. The molecule has 3 heterocycles. The van der Waals surface area contributed by atoms with Gasteiger partial charge < -0.3 is 14.7 Å². The number of piperazine rings is 1. The molecule has 128 valence electrons. The van der Waals surface area contributed by atoms with Crippen LogP contribution in [0.1, 0.15) is 36.8 Å². The predicted molar refractivity (Wildman–Crippen MR) is 90.7 cm³/mol. The smallest absolute Gasteiger partial charge is 0.225 e. The Hall–Kier alpha value is -0.950. The summed E-state index contributed by atoms with van der Waals surface area (Å²) in [6, 6.07) is 2.15. The van der Waals surface area contributed by atoms with E-state index in [9.17, 15) is 9.90 Å². The molecule has 5 nitrogen and oxygen atoms in total. The van der Waals surface area contributed by atoms with Gasteiger partial charge in [0.2, 0.25) is 5.91 Å². The third-order valence-electron chi connectivity index (χ3n) is 4.46. The lowest BCUT2D eigenvalue weighted by atomic mass is 10.0. The van der Waals surface area contributed by atoms with Crippen LogP contribution in [-0.4, -0.2) is 65.7 Å². The summed E-state index contributed by atoms with van der Waals surface area (Å²) >= 11 is 1.70. The molecule has 1 fully saturated rings. The van der Waals surface area contributed by atoms with Crippen molar-refractivity contribution in [2.45, 2.75) is 38.4 Å². The highest BCUT2D eigenvalue weighted by Gasteiger charge is 2.29. The minimum absolute atomic E-state index is 0.0688. The van der Waals surface area contributed by atoms with E-state index in [-0.39, 0.29) is 12.0 Å². The van der Waals surface area contributed by atoms with Crippen molar-refractivity contribution in [3.8, 4) is 0 Å². The van der Waals surface area contributed by atoms with Gasteiger partial charge >= 0.3 is 0 Å².